The van der Waals surface area contributed by atoms with E-state index in [1.165, 1.54) is 41.7 Å². The number of benzene rings is 1. The molecule has 0 unspecified atom stereocenters. The summed E-state index contributed by atoms with van der Waals surface area (Å²) in [6.07, 6.45) is 6.96. The number of rotatable bonds is 2. The Labute approximate surface area is 153 Å². The van der Waals surface area contributed by atoms with Gasteiger partial charge >= 0.3 is 0 Å². The van der Waals surface area contributed by atoms with Crippen LogP contribution in [-0.4, -0.2) is 16.5 Å². The predicted octanol–water partition coefficient (Wildman–Crippen LogP) is 6.46. The molecule has 0 amide bonds. The first-order valence-corrected chi connectivity index (χ1v) is 10.5. The maximum absolute atomic E-state index is 10.6. The number of hydrogen-bond donors (Lipinski definition) is 1. The Bertz CT molecular complexity index is 504. The van der Waals surface area contributed by atoms with Crippen LogP contribution in [0.15, 0.2) is 23.1 Å². The number of aliphatic hydroxyl groups excluding tert-OH is 1. The summed E-state index contributed by atoms with van der Waals surface area (Å²) in [6.45, 7) is 13.7. The van der Waals surface area contributed by atoms with E-state index in [0.717, 1.165) is 12.8 Å². The Hall–Kier alpha value is -0.470. The lowest BCUT2D eigenvalue weighted by molar-refractivity contribution is 0.148. The summed E-state index contributed by atoms with van der Waals surface area (Å²) >= 11 is 1.91. The van der Waals surface area contributed by atoms with Gasteiger partial charge in [-0.3, -0.25) is 0 Å². The lowest BCUT2D eigenvalue weighted by atomic mass is 9.81. The van der Waals surface area contributed by atoms with Crippen molar-refractivity contribution in [3.8, 4) is 0 Å². The van der Waals surface area contributed by atoms with Gasteiger partial charge in [-0.05, 0) is 46.9 Å². The van der Waals surface area contributed by atoms with Gasteiger partial charge in [0, 0.05) is 10.1 Å². The average Bonchev–Trinajstić information content (AvgIpc) is 2.45. The fraction of sp³-hybridized carbons (Fsp3) is 0.727. The van der Waals surface area contributed by atoms with Crippen molar-refractivity contribution in [2.24, 2.45) is 0 Å². The van der Waals surface area contributed by atoms with Gasteiger partial charge in [0.05, 0.1) is 6.10 Å². The molecule has 0 aromatic heterocycles. The molecule has 24 heavy (non-hydrogen) atoms. The highest BCUT2D eigenvalue weighted by Crippen LogP contribution is 2.37. The summed E-state index contributed by atoms with van der Waals surface area (Å²) < 4.78 is 0. The normalized spacial score (nSPS) is 23.6. The molecular weight excluding hydrogens is 312 g/mol. The molecule has 1 aliphatic carbocycles. The van der Waals surface area contributed by atoms with Gasteiger partial charge < -0.3 is 5.11 Å². The molecule has 2 rings (SSSR count). The molecule has 2 atom stereocenters. The third-order valence-corrected chi connectivity index (χ3v) is 6.45. The fourth-order valence-electron chi connectivity index (χ4n) is 3.28. The highest BCUT2D eigenvalue weighted by molar-refractivity contribution is 8.00. The van der Waals surface area contributed by atoms with Crippen LogP contribution in [0.3, 0.4) is 0 Å². The van der Waals surface area contributed by atoms with Crippen molar-refractivity contribution >= 4 is 11.8 Å². The van der Waals surface area contributed by atoms with Gasteiger partial charge in [0.25, 0.3) is 0 Å². The van der Waals surface area contributed by atoms with Crippen molar-refractivity contribution in [1.29, 1.82) is 0 Å². The van der Waals surface area contributed by atoms with E-state index in [9.17, 15) is 5.11 Å². The van der Waals surface area contributed by atoms with E-state index in [0.29, 0.717) is 5.25 Å². The van der Waals surface area contributed by atoms with E-state index in [1.807, 2.05) is 11.8 Å². The van der Waals surface area contributed by atoms with Crippen LogP contribution in [0, 0.1) is 0 Å². The van der Waals surface area contributed by atoms with Crippen molar-refractivity contribution in [1.82, 2.24) is 0 Å². The van der Waals surface area contributed by atoms with Crippen LogP contribution >= 0.6 is 11.8 Å². The number of thioether (sulfide) groups is 1. The summed E-state index contributed by atoms with van der Waals surface area (Å²) in [5, 5.41) is 10.9. The molecule has 1 aromatic rings. The van der Waals surface area contributed by atoms with E-state index in [4.69, 9.17) is 0 Å². The Morgan fingerprint density at radius 3 is 1.79 bits per heavy atom. The van der Waals surface area contributed by atoms with E-state index >= 15 is 0 Å². The van der Waals surface area contributed by atoms with Gasteiger partial charge in [0.2, 0.25) is 0 Å². The zero-order chi connectivity index (χ0) is 18.0. The topological polar surface area (TPSA) is 20.2 Å². The molecule has 0 heterocycles. The highest BCUT2D eigenvalue weighted by Gasteiger charge is 2.25. The van der Waals surface area contributed by atoms with Crippen LogP contribution in [0.5, 0.6) is 0 Å². The van der Waals surface area contributed by atoms with Crippen molar-refractivity contribution in [3.63, 3.8) is 0 Å². The molecule has 1 aliphatic rings. The van der Waals surface area contributed by atoms with E-state index in [-0.39, 0.29) is 16.9 Å². The van der Waals surface area contributed by atoms with Crippen molar-refractivity contribution in [2.75, 3.05) is 0 Å². The van der Waals surface area contributed by atoms with Crippen LogP contribution in [0.2, 0.25) is 0 Å². The summed E-state index contributed by atoms with van der Waals surface area (Å²) in [7, 11) is 0. The SMILES string of the molecule is CC(C)(C)c1cc(S[C@@H]2CCCCCC[C@H]2O)cc(C(C)(C)C)c1. The Morgan fingerprint density at radius 2 is 1.29 bits per heavy atom. The van der Waals surface area contributed by atoms with Gasteiger partial charge in [-0.2, -0.15) is 0 Å². The molecule has 1 N–H and O–H groups in total. The lowest BCUT2D eigenvalue weighted by Crippen LogP contribution is -2.24. The maximum atomic E-state index is 10.6. The predicted molar refractivity (Wildman–Crippen MR) is 107 cm³/mol. The van der Waals surface area contributed by atoms with Gasteiger partial charge in [-0.15, -0.1) is 11.8 Å². The third kappa shape index (κ3) is 5.52. The van der Waals surface area contributed by atoms with Crippen LogP contribution in [-0.2, 0) is 10.8 Å². The quantitative estimate of drug-likeness (QED) is 0.662. The number of hydrogen-bond acceptors (Lipinski definition) is 2. The van der Waals surface area contributed by atoms with E-state index in [1.54, 1.807) is 0 Å². The third-order valence-electron chi connectivity index (χ3n) is 5.09. The molecule has 0 aliphatic heterocycles. The minimum Gasteiger partial charge on any atom is -0.392 e. The molecule has 2 heteroatoms. The molecule has 0 saturated heterocycles. The van der Waals surface area contributed by atoms with Crippen molar-refractivity contribution in [2.45, 2.75) is 107 Å². The smallest absolute Gasteiger partial charge is 0.0662 e. The average molecular weight is 349 g/mol. The largest absolute Gasteiger partial charge is 0.392 e. The monoisotopic (exact) mass is 348 g/mol. The first-order valence-electron chi connectivity index (χ1n) is 9.58. The number of aliphatic hydroxyl groups is 1. The molecule has 0 radical (unpaired) electrons. The van der Waals surface area contributed by atoms with Gasteiger partial charge in [-0.25, -0.2) is 0 Å². The zero-order valence-corrected chi connectivity index (χ0v) is 17.3. The molecule has 0 bridgehead atoms. The van der Waals surface area contributed by atoms with Crippen LogP contribution in [0.25, 0.3) is 0 Å². The molecule has 1 nitrogen and oxygen atoms in total. The molecular formula is C22H36OS. The molecule has 136 valence electrons. The molecule has 0 spiro atoms. The first-order chi connectivity index (χ1) is 11.1. The van der Waals surface area contributed by atoms with Gasteiger partial charge in [0.1, 0.15) is 0 Å². The second kappa shape index (κ2) is 7.83. The standard InChI is InChI=1S/C22H36OS/c1-21(2,3)16-13-17(22(4,5)6)15-18(14-16)24-20-12-10-8-7-9-11-19(20)23/h13-15,19-20,23H,7-12H2,1-6H3/t19-,20-/m1/s1. The molecule has 1 aromatic carbocycles. The van der Waals surface area contributed by atoms with E-state index < -0.39 is 0 Å². The Kier molecular flexibility index (Phi) is 6.47. The second-order valence-electron chi connectivity index (χ2n) is 9.46. The minimum atomic E-state index is -0.160. The fourth-order valence-corrected chi connectivity index (χ4v) is 4.59. The van der Waals surface area contributed by atoms with E-state index in [2.05, 4.69) is 59.7 Å². The highest BCUT2D eigenvalue weighted by atomic mass is 32.2. The Balaban J connectivity index is 2.30. The first kappa shape index (κ1) is 19.8. The minimum absolute atomic E-state index is 0.149. The van der Waals surface area contributed by atoms with Gasteiger partial charge in [-0.1, -0.05) is 73.3 Å². The second-order valence-corrected chi connectivity index (χ2v) is 10.8. The van der Waals surface area contributed by atoms with Gasteiger partial charge in [0.15, 0.2) is 0 Å². The van der Waals surface area contributed by atoms with Crippen LogP contribution < -0.4 is 0 Å². The summed E-state index contributed by atoms with van der Waals surface area (Å²) in [6, 6.07) is 7.08. The summed E-state index contributed by atoms with van der Waals surface area (Å²) in [5.74, 6) is 0. The molecule has 1 saturated carbocycles. The summed E-state index contributed by atoms with van der Waals surface area (Å²) in [5.41, 5.74) is 3.10. The van der Waals surface area contributed by atoms with Crippen LogP contribution in [0.1, 0.15) is 91.2 Å². The summed E-state index contributed by atoms with van der Waals surface area (Å²) in [4.78, 5) is 1.33. The van der Waals surface area contributed by atoms with Crippen molar-refractivity contribution in [3.05, 3.63) is 29.3 Å². The van der Waals surface area contributed by atoms with Crippen molar-refractivity contribution < 1.29 is 5.11 Å². The Morgan fingerprint density at radius 1 is 0.792 bits per heavy atom. The maximum Gasteiger partial charge on any atom is 0.0662 e. The zero-order valence-electron chi connectivity index (χ0n) is 16.5. The van der Waals surface area contributed by atoms with Crippen LogP contribution in [0.4, 0.5) is 0 Å². The molecule has 1 fully saturated rings. The lowest BCUT2D eigenvalue weighted by Gasteiger charge is -2.28.